The molecule has 0 saturated heterocycles. The Morgan fingerprint density at radius 1 is 1.14 bits per heavy atom. The van der Waals surface area contributed by atoms with Crippen LogP contribution in [0.1, 0.15) is 26.3 Å². The van der Waals surface area contributed by atoms with Crippen molar-refractivity contribution in [2.75, 3.05) is 0 Å². The molecular weight excluding hydrogens is 292 g/mol. The summed E-state index contributed by atoms with van der Waals surface area (Å²) in [6, 6.07) is 11.0. The molecule has 0 saturated carbocycles. The summed E-state index contributed by atoms with van der Waals surface area (Å²) in [5, 5.41) is 9.31. The van der Waals surface area contributed by atoms with Crippen LogP contribution in [0.2, 0.25) is 5.02 Å². The quantitative estimate of drug-likeness (QED) is 0.860. The van der Waals surface area contributed by atoms with Crippen molar-refractivity contribution in [1.29, 1.82) is 0 Å². The molecule has 4 nitrogen and oxygen atoms in total. The first-order chi connectivity index (χ1) is 10.0. The first-order valence-electron chi connectivity index (χ1n) is 6.12. The normalized spacial score (nSPS) is 14.9. The minimum atomic E-state index is -0.996. The second-order valence-corrected chi connectivity index (χ2v) is 4.94. The number of rotatable bonds is 2. The number of aromatic carboxylic acids is 1. The molecule has 2 aromatic carbocycles. The lowest BCUT2D eigenvalue weighted by Crippen LogP contribution is -1.99. The topological polar surface area (TPSA) is 63.6 Å². The number of halogens is 1. The molecule has 0 fully saturated rings. The van der Waals surface area contributed by atoms with Gasteiger partial charge in [-0.15, -0.1) is 0 Å². The van der Waals surface area contributed by atoms with Gasteiger partial charge in [0, 0.05) is 5.02 Å². The molecule has 3 rings (SSSR count). The minimum absolute atomic E-state index is 0.186. The van der Waals surface area contributed by atoms with Crippen molar-refractivity contribution < 1.29 is 19.4 Å². The van der Waals surface area contributed by atoms with Gasteiger partial charge in [-0.05, 0) is 42.0 Å². The number of ketones is 1. The predicted molar refractivity (Wildman–Crippen MR) is 77.8 cm³/mol. The molecule has 2 aromatic rings. The Morgan fingerprint density at radius 3 is 2.52 bits per heavy atom. The highest BCUT2D eigenvalue weighted by Gasteiger charge is 2.27. The van der Waals surface area contributed by atoms with Gasteiger partial charge in [0.1, 0.15) is 5.75 Å². The van der Waals surface area contributed by atoms with Gasteiger partial charge in [0.15, 0.2) is 5.76 Å². The van der Waals surface area contributed by atoms with Gasteiger partial charge in [-0.1, -0.05) is 23.7 Å². The van der Waals surface area contributed by atoms with Crippen LogP contribution in [0.5, 0.6) is 5.75 Å². The molecule has 104 valence electrons. The van der Waals surface area contributed by atoms with E-state index < -0.39 is 5.97 Å². The predicted octanol–water partition coefficient (Wildman–Crippen LogP) is 3.65. The maximum absolute atomic E-state index is 12.2. The van der Waals surface area contributed by atoms with E-state index in [1.807, 2.05) is 0 Å². The summed E-state index contributed by atoms with van der Waals surface area (Å²) in [7, 11) is 0. The Balaban J connectivity index is 1.92. The summed E-state index contributed by atoms with van der Waals surface area (Å²) in [4.78, 5) is 23.0. The van der Waals surface area contributed by atoms with Crippen molar-refractivity contribution in [3.05, 3.63) is 69.9 Å². The number of carboxylic acids is 1. The molecule has 0 amide bonds. The van der Waals surface area contributed by atoms with Crippen LogP contribution in [0.3, 0.4) is 0 Å². The zero-order valence-corrected chi connectivity index (χ0v) is 11.4. The number of Topliss-reactive ketones (excluding diaryl/α,β-unsaturated/α-hetero) is 1. The van der Waals surface area contributed by atoms with Crippen molar-refractivity contribution in [3.63, 3.8) is 0 Å². The highest BCUT2D eigenvalue weighted by molar-refractivity contribution is 6.31. The summed E-state index contributed by atoms with van der Waals surface area (Å²) in [5.41, 5.74) is 1.30. The molecule has 1 heterocycles. The average molecular weight is 301 g/mol. The van der Waals surface area contributed by atoms with Crippen LogP contribution < -0.4 is 4.74 Å². The second-order valence-electron chi connectivity index (χ2n) is 4.51. The summed E-state index contributed by atoms with van der Waals surface area (Å²) in [5.74, 6) is -0.576. The number of fused-ring (bicyclic) bond motifs is 1. The molecular formula is C16H9ClO4. The number of carbonyl (C=O) groups excluding carboxylic acids is 1. The number of carbonyl (C=O) groups is 2. The van der Waals surface area contributed by atoms with Crippen molar-refractivity contribution in [3.8, 4) is 5.75 Å². The smallest absolute Gasteiger partial charge is 0.335 e. The SMILES string of the molecule is O=C(O)c1ccc(/C=C2\Oc3ccc(Cl)cc3C2=O)cc1. The zero-order valence-electron chi connectivity index (χ0n) is 10.7. The van der Waals surface area contributed by atoms with Crippen molar-refractivity contribution >= 4 is 29.4 Å². The Bertz CT molecular complexity index is 775. The van der Waals surface area contributed by atoms with Crippen LogP contribution in [-0.4, -0.2) is 16.9 Å². The van der Waals surface area contributed by atoms with Crippen LogP contribution >= 0.6 is 11.6 Å². The number of benzene rings is 2. The molecule has 5 heteroatoms. The van der Waals surface area contributed by atoms with Gasteiger partial charge in [-0.2, -0.15) is 0 Å². The van der Waals surface area contributed by atoms with E-state index in [1.54, 1.807) is 36.4 Å². The maximum Gasteiger partial charge on any atom is 0.335 e. The van der Waals surface area contributed by atoms with Crippen LogP contribution in [0, 0.1) is 0 Å². The Morgan fingerprint density at radius 2 is 1.86 bits per heavy atom. The third kappa shape index (κ3) is 2.53. The lowest BCUT2D eigenvalue weighted by Gasteiger charge is -1.99. The third-order valence-electron chi connectivity index (χ3n) is 3.09. The van der Waals surface area contributed by atoms with E-state index in [4.69, 9.17) is 21.4 Å². The van der Waals surface area contributed by atoms with Crippen LogP contribution in [0.25, 0.3) is 6.08 Å². The van der Waals surface area contributed by atoms with Gasteiger partial charge in [0.05, 0.1) is 11.1 Å². The molecule has 0 atom stereocenters. The van der Waals surface area contributed by atoms with Gasteiger partial charge in [-0.3, -0.25) is 4.79 Å². The zero-order chi connectivity index (χ0) is 15.0. The standard InChI is InChI=1S/C16H9ClO4/c17-11-5-6-13-12(8-11)15(18)14(21-13)7-9-1-3-10(4-2-9)16(19)20/h1-8H,(H,19,20)/b14-7-. The monoisotopic (exact) mass is 300 g/mol. The highest BCUT2D eigenvalue weighted by Crippen LogP contribution is 2.33. The number of hydrogen-bond acceptors (Lipinski definition) is 3. The molecule has 21 heavy (non-hydrogen) atoms. The fraction of sp³-hybridized carbons (Fsp3) is 0. The van der Waals surface area contributed by atoms with E-state index in [0.29, 0.717) is 21.9 Å². The van der Waals surface area contributed by atoms with Crippen molar-refractivity contribution in [2.24, 2.45) is 0 Å². The van der Waals surface area contributed by atoms with E-state index in [0.717, 1.165) is 0 Å². The fourth-order valence-corrected chi connectivity index (χ4v) is 2.21. The minimum Gasteiger partial charge on any atom is -0.478 e. The number of ether oxygens (including phenoxy) is 1. The van der Waals surface area contributed by atoms with Gasteiger partial charge >= 0.3 is 5.97 Å². The lowest BCUT2D eigenvalue weighted by molar-refractivity contribution is 0.0696. The number of allylic oxidation sites excluding steroid dienone is 1. The summed E-state index contributed by atoms with van der Waals surface area (Å²) >= 11 is 5.86. The Hall–Kier alpha value is -2.59. The van der Waals surface area contributed by atoms with Crippen molar-refractivity contribution in [1.82, 2.24) is 0 Å². The van der Waals surface area contributed by atoms with Crippen LogP contribution in [0.15, 0.2) is 48.2 Å². The van der Waals surface area contributed by atoms with E-state index in [9.17, 15) is 9.59 Å². The Kier molecular flexibility index (Phi) is 3.23. The van der Waals surface area contributed by atoms with Gasteiger partial charge in [0.2, 0.25) is 5.78 Å². The summed E-state index contributed by atoms with van der Waals surface area (Å²) in [6.07, 6.45) is 1.57. The van der Waals surface area contributed by atoms with Gasteiger partial charge < -0.3 is 9.84 Å². The molecule has 0 aliphatic carbocycles. The van der Waals surface area contributed by atoms with Gasteiger partial charge in [0.25, 0.3) is 0 Å². The maximum atomic E-state index is 12.2. The van der Waals surface area contributed by atoms with Crippen molar-refractivity contribution in [2.45, 2.75) is 0 Å². The van der Waals surface area contributed by atoms with Crippen LogP contribution in [-0.2, 0) is 0 Å². The first-order valence-corrected chi connectivity index (χ1v) is 6.49. The third-order valence-corrected chi connectivity index (χ3v) is 3.32. The molecule has 0 radical (unpaired) electrons. The summed E-state index contributed by atoms with van der Waals surface area (Å²) < 4.78 is 5.49. The lowest BCUT2D eigenvalue weighted by atomic mass is 10.1. The highest BCUT2D eigenvalue weighted by atomic mass is 35.5. The largest absolute Gasteiger partial charge is 0.478 e. The molecule has 0 unspecified atom stereocenters. The van der Waals surface area contributed by atoms with E-state index in [1.165, 1.54) is 12.1 Å². The average Bonchev–Trinajstić information content (AvgIpc) is 2.76. The molecule has 1 aliphatic rings. The van der Waals surface area contributed by atoms with E-state index in [2.05, 4.69) is 0 Å². The second kappa shape index (κ2) is 5.07. The molecule has 0 bridgehead atoms. The molecule has 0 spiro atoms. The summed E-state index contributed by atoms with van der Waals surface area (Å²) in [6.45, 7) is 0. The Labute approximate surface area is 125 Å². The first kappa shape index (κ1) is 13.4. The molecule has 1 N–H and O–H groups in total. The molecule has 0 aromatic heterocycles. The van der Waals surface area contributed by atoms with Gasteiger partial charge in [-0.25, -0.2) is 4.79 Å². The van der Waals surface area contributed by atoms with E-state index in [-0.39, 0.29) is 17.1 Å². The number of hydrogen-bond donors (Lipinski definition) is 1. The van der Waals surface area contributed by atoms with E-state index >= 15 is 0 Å². The fourth-order valence-electron chi connectivity index (χ4n) is 2.03. The number of carboxylic acid groups (broad SMARTS) is 1. The van der Waals surface area contributed by atoms with Crippen LogP contribution in [0.4, 0.5) is 0 Å². The molecule has 1 aliphatic heterocycles.